The van der Waals surface area contributed by atoms with Crippen molar-refractivity contribution in [1.82, 2.24) is 10.2 Å². The number of carbonyl (C=O) groups is 1. The second-order valence-corrected chi connectivity index (χ2v) is 6.36. The van der Waals surface area contributed by atoms with Crippen LogP contribution in [0.25, 0.3) is 0 Å². The van der Waals surface area contributed by atoms with Gasteiger partial charge in [-0.3, -0.25) is 9.69 Å². The molecule has 0 unspecified atom stereocenters. The normalized spacial score (nSPS) is 15.2. The smallest absolute Gasteiger partial charge is 0.287 e. The average Bonchev–Trinajstić information content (AvgIpc) is 3.10. The van der Waals surface area contributed by atoms with Crippen LogP contribution in [0.3, 0.4) is 0 Å². The third-order valence-corrected chi connectivity index (χ3v) is 4.44. The molecule has 1 N–H and O–H groups in total. The number of aryl methyl sites for hydroxylation is 1. The molecule has 2 heterocycles. The third kappa shape index (κ3) is 4.51. The highest BCUT2D eigenvalue weighted by atomic mass is 16.4. The zero-order valence-corrected chi connectivity index (χ0v) is 14.7. The Labute approximate surface area is 148 Å². The summed E-state index contributed by atoms with van der Waals surface area (Å²) in [5.41, 5.74) is 2.57. The molecule has 0 bridgehead atoms. The van der Waals surface area contributed by atoms with Gasteiger partial charge in [-0.15, -0.1) is 6.58 Å². The van der Waals surface area contributed by atoms with Gasteiger partial charge in [-0.1, -0.05) is 23.8 Å². The lowest BCUT2D eigenvalue weighted by atomic mass is 10.2. The summed E-state index contributed by atoms with van der Waals surface area (Å²) in [6.07, 6.45) is 1.65. The summed E-state index contributed by atoms with van der Waals surface area (Å²) in [7, 11) is 0. The number of amides is 1. The Morgan fingerprint density at radius 2 is 1.88 bits per heavy atom. The van der Waals surface area contributed by atoms with E-state index in [0.717, 1.165) is 38.5 Å². The lowest BCUT2D eigenvalue weighted by molar-refractivity contribution is 0.0926. The van der Waals surface area contributed by atoms with Gasteiger partial charge in [0, 0.05) is 38.4 Å². The van der Waals surface area contributed by atoms with Crippen molar-refractivity contribution < 1.29 is 9.21 Å². The van der Waals surface area contributed by atoms with E-state index in [4.69, 9.17) is 4.42 Å². The molecular weight excluding hydrogens is 314 g/mol. The Bertz CT molecular complexity index is 713. The first-order valence-corrected chi connectivity index (χ1v) is 8.67. The second kappa shape index (κ2) is 8.03. The maximum absolute atomic E-state index is 11.9. The molecule has 0 aliphatic carbocycles. The average molecular weight is 339 g/mol. The van der Waals surface area contributed by atoms with Gasteiger partial charge in [0.2, 0.25) is 0 Å². The van der Waals surface area contributed by atoms with E-state index in [1.54, 1.807) is 12.1 Å². The monoisotopic (exact) mass is 339 g/mol. The van der Waals surface area contributed by atoms with Gasteiger partial charge in [0.05, 0.1) is 6.54 Å². The van der Waals surface area contributed by atoms with Crippen molar-refractivity contribution in [1.29, 1.82) is 0 Å². The fraction of sp³-hybridized carbons (Fsp3) is 0.350. The van der Waals surface area contributed by atoms with E-state index in [-0.39, 0.29) is 5.91 Å². The summed E-state index contributed by atoms with van der Waals surface area (Å²) in [5.74, 6) is 0.984. The van der Waals surface area contributed by atoms with Crippen LogP contribution in [0.5, 0.6) is 0 Å². The van der Waals surface area contributed by atoms with Crippen LogP contribution in [-0.4, -0.2) is 43.5 Å². The van der Waals surface area contributed by atoms with Crippen molar-refractivity contribution in [2.45, 2.75) is 13.5 Å². The van der Waals surface area contributed by atoms with Crippen molar-refractivity contribution in [2.75, 3.05) is 37.6 Å². The van der Waals surface area contributed by atoms with Gasteiger partial charge in [-0.25, -0.2) is 0 Å². The molecule has 5 nitrogen and oxygen atoms in total. The van der Waals surface area contributed by atoms with Crippen LogP contribution < -0.4 is 10.2 Å². The number of carbonyl (C=O) groups excluding carboxylic acids is 1. The van der Waals surface area contributed by atoms with E-state index in [1.807, 2.05) is 6.07 Å². The lowest BCUT2D eigenvalue weighted by Crippen LogP contribution is -2.45. The topological polar surface area (TPSA) is 48.7 Å². The highest BCUT2D eigenvalue weighted by molar-refractivity contribution is 5.91. The molecule has 1 amide bonds. The highest BCUT2D eigenvalue weighted by Gasteiger charge is 2.19. The second-order valence-electron chi connectivity index (χ2n) is 6.36. The predicted molar refractivity (Wildman–Crippen MR) is 99.9 cm³/mol. The zero-order valence-electron chi connectivity index (χ0n) is 14.7. The van der Waals surface area contributed by atoms with Gasteiger partial charge in [-0.05, 0) is 31.2 Å². The Balaban J connectivity index is 1.50. The van der Waals surface area contributed by atoms with E-state index in [9.17, 15) is 4.79 Å². The van der Waals surface area contributed by atoms with Gasteiger partial charge in [-0.2, -0.15) is 0 Å². The van der Waals surface area contributed by atoms with E-state index < -0.39 is 0 Å². The number of hydrogen-bond donors (Lipinski definition) is 1. The number of benzene rings is 1. The molecule has 0 atom stereocenters. The molecule has 132 valence electrons. The summed E-state index contributed by atoms with van der Waals surface area (Å²) in [4.78, 5) is 16.6. The predicted octanol–water partition coefficient (Wildman–Crippen LogP) is 2.83. The molecule has 3 rings (SSSR count). The van der Waals surface area contributed by atoms with E-state index in [2.05, 4.69) is 52.9 Å². The number of rotatable bonds is 6. The minimum absolute atomic E-state index is 0.199. The Morgan fingerprint density at radius 3 is 2.56 bits per heavy atom. The standard InChI is InChI=1S/C20H25N3O2/c1-3-10-21-20(24)19-9-8-18(25-19)15-22-11-13-23(14-12-22)17-6-4-16(2)5-7-17/h3-9H,1,10-15H2,2H3,(H,21,24). The Morgan fingerprint density at radius 1 is 1.16 bits per heavy atom. The van der Waals surface area contributed by atoms with Gasteiger partial charge in [0.1, 0.15) is 5.76 Å². The quantitative estimate of drug-likeness (QED) is 0.822. The van der Waals surface area contributed by atoms with E-state index in [1.165, 1.54) is 11.3 Å². The molecule has 0 saturated carbocycles. The van der Waals surface area contributed by atoms with Crippen LogP contribution in [0.2, 0.25) is 0 Å². The minimum Gasteiger partial charge on any atom is -0.455 e. The Kier molecular flexibility index (Phi) is 5.56. The van der Waals surface area contributed by atoms with Crippen LogP contribution in [0.15, 0.2) is 53.5 Å². The first kappa shape index (κ1) is 17.3. The maximum Gasteiger partial charge on any atom is 0.287 e. The first-order valence-electron chi connectivity index (χ1n) is 8.67. The summed E-state index contributed by atoms with van der Waals surface area (Å²) in [5, 5.41) is 2.72. The Hall–Kier alpha value is -2.53. The van der Waals surface area contributed by atoms with Crippen LogP contribution in [0, 0.1) is 6.92 Å². The van der Waals surface area contributed by atoms with Crippen LogP contribution in [0.4, 0.5) is 5.69 Å². The molecule has 1 saturated heterocycles. The van der Waals surface area contributed by atoms with Crippen molar-refractivity contribution in [3.05, 3.63) is 66.1 Å². The molecular formula is C20H25N3O2. The SMILES string of the molecule is C=CCNC(=O)c1ccc(CN2CCN(c3ccc(C)cc3)CC2)o1. The molecule has 1 aliphatic rings. The van der Waals surface area contributed by atoms with Gasteiger partial charge < -0.3 is 14.6 Å². The third-order valence-electron chi connectivity index (χ3n) is 4.44. The molecule has 1 fully saturated rings. The fourth-order valence-electron chi connectivity index (χ4n) is 2.98. The number of anilines is 1. The number of nitrogens with zero attached hydrogens (tertiary/aromatic N) is 2. The van der Waals surface area contributed by atoms with E-state index >= 15 is 0 Å². The van der Waals surface area contributed by atoms with Crippen molar-refractivity contribution in [3.63, 3.8) is 0 Å². The fourth-order valence-corrected chi connectivity index (χ4v) is 2.98. The highest BCUT2D eigenvalue weighted by Crippen LogP contribution is 2.18. The lowest BCUT2D eigenvalue weighted by Gasteiger charge is -2.35. The summed E-state index contributed by atoms with van der Waals surface area (Å²) in [6.45, 7) is 10.8. The van der Waals surface area contributed by atoms with Crippen molar-refractivity contribution in [3.8, 4) is 0 Å². The summed E-state index contributed by atoms with van der Waals surface area (Å²) < 4.78 is 5.67. The number of furan rings is 1. The maximum atomic E-state index is 11.9. The van der Waals surface area contributed by atoms with Gasteiger partial charge in [0.15, 0.2) is 5.76 Å². The largest absolute Gasteiger partial charge is 0.455 e. The van der Waals surface area contributed by atoms with Crippen LogP contribution in [-0.2, 0) is 6.54 Å². The molecule has 0 radical (unpaired) electrons. The molecule has 1 aliphatic heterocycles. The molecule has 1 aromatic heterocycles. The summed E-state index contributed by atoms with van der Waals surface area (Å²) in [6, 6.07) is 12.3. The molecule has 2 aromatic rings. The number of piperazine rings is 1. The molecule has 0 spiro atoms. The zero-order chi connectivity index (χ0) is 17.6. The molecule has 1 aromatic carbocycles. The van der Waals surface area contributed by atoms with Gasteiger partial charge >= 0.3 is 0 Å². The molecule has 5 heteroatoms. The van der Waals surface area contributed by atoms with E-state index in [0.29, 0.717) is 12.3 Å². The van der Waals surface area contributed by atoms with Crippen molar-refractivity contribution >= 4 is 11.6 Å². The van der Waals surface area contributed by atoms with Crippen molar-refractivity contribution in [2.24, 2.45) is 0 Å². The minimum atomic E-state index is -0.199. The van der Waals surface area contributed by atoms with Gasteiger partial charge in [0.25, 0.3) is 5.91 Å². The number of nitrogens with one attached hydrogen (secondary N) is 1. The summed E-state index contributed by atoms with van der Waals surface area (Å²) >= 11 is 0. The van der Waals surface area contributed by atoms with Crippen LogP contribution in [0.1, 0.15) is 21.9 Å². The molecule has 25 heavy (non-hydrogen) atoms. The number of hydrogen-bond acceptors (Lipinski definition) is 4. The first-order chi connectivity index (χ1) is 12.2. The van der Waals surface area contributed by atoms with Crippen LogP contribution >= 0.6 is 0 Å².